The van der Waals surface area contributed by atoms with Gasteiger partial charge in [-0.05, 0) is 6.42 Å². The van der Waals surface area contributed by atoms with E-state index in [9.17, 15) is 9.59 Å². The van der Waals surface area contributed by atoms with E-state index in [0.29, 0.717) is 25.3 Å². The van der Waals surface area contributed by atoms with E-state index in [2.05, 4.69) is 15.3 Å². The van der Waals surface area contributed by atoms with Crippen molar-refractivity contribution in [1.82, 2.24) is 20.2 Å². The molecule has 1 heterocycles. The fourth-order valence-corrected chi connectivity index (χ4v) is 1.62. The topological polar surface area (TPSA) is 108 Å². The van der Waals surface area contributed by atoms with Gasteiger partial charge < -0.3 is 25.0 Å². The van der Waals surface area contributed by atoms with Crippen LogP contribution in [0.5, 0.6) is 0 Å². The van der Waals surface area contributed by atoms with Crippen LogP contribution in [0.2, 0.25) is 0 Å². The minimum Gasteiger partial charge on any atom is -0.480 e. The van der Waals surface area contributed by atoms with Gasteiger partial charge in [0.25, 0.3) is 0 Å². The summed E-state index contributed by atoms with van der Waals surface area (Å²) in [6.45, 7) is 1.05. The van der Waals surface area contributed by atoms with Gasteiger partial charge in [0.2, 0.25) is 0 Å². The van der Waals surface area contributed by atoms with Crippen LogP contribution in [0.25, 0.3) is 0 Å². The number of nitrogens with zero attached hydrogens (tertiary/aromatic N) is 2. The molecule has 0 aliphatic carbocycles. The first-order valence-electron chi connectivity index (χ1n) is 6.25. The molecule has 0 bridgehead atoms. The number of hydrogen-bond donors (Lipinski definition) is 3. The summed E-state index contributed by atoms with van der Waals surface area (Å²) in [4.78, 5) is 31.1. The van der Waals surface area contributed by atoms with Crippen LogP contribution >= 0.6 is 0 Å². The van der Waals surface area contributed by atoms with Gasteiger partial charge in [0.1, 0.15) is 6.04 Å². The molecule has 0 fully saturated rings. The Hall–Kier alpha value is -2.09. The largest absolute Gasteiger partial charge is 0.480 e. The van der Waals surface area contributed by atoms with Gasteiger partial charge >= 0.3 is 12.0 Å². The number of carbonyl (C=O) groups excluding carboxylic acids is 1. The number of aliphatic carboxylic acids is 1. The number of aromatic nitrogens is 2. The second-order valence-corrected chi connectivity index (χ2v) is 4.39. The molecule has 0 radical (unpaired) electrons. The van der Waals surface area contributed by atoms with Crippen molar-refractivity contribution in [3.63, 3.8) is 0 Å². The molecule has 20 heavy (non-hydrogen) atoms. The smallest absolute Gasteiger partial charge is 0.326 e. The Morgan fingerprint density at radius 1 is 1.60 bits per heavy atom. The quantitative estimate of drug-likeness (QED) is 0.586. The van der Waals surface area contributed by atoms with Crippen LogP contribution in [0, 0.1) is 0 Å². The van der Waals surface area contributed by atoms with E-state index in [1.54, 1.807) is 14.2 Å². The van der Waals surface area contributed by atoms with Crippen LogP contribution in [-0.4, -0.2) is 65.3 Å². The lowest BCUT2D eigenvalue weighted by Gasteiger charge is -2.21. The molecule has 0 spiro atoms. The molecule has 0 unspecified atom stereocenters. The molecular weight excluding hydrogens is 264 g/mol. The van der Waals surface area contributed by atoms with Gasteiger partial charge in [0, 0.05) is 45.6 Å². The molecule has 3 N–H and O–H groups in total. The lowest BCUT2D eigenvalue weighted by molar-refractivity contribution is -0.139. The first-order chi connectivity index (χ1) is 9.54. The lowest BCUT2D eigenvalue weighted by atomic mass is 10.1. The minimum absolute atomic E-state index is 0.160. The maximum atomic E-state index is 11.9. The second kappa shape index (κ2) is 8.16. The third-order valence-corrected chi connectivity index (χ3v) is 2.76. The highest BCUT2D eigenvalue weighted by Crippen LogP contribution is 2.00. The highest BCUT2D eigenvalue weighted by molar-refractivity contribution is 5.82. The highest BCUT2D eigenvalue weighted by atomic mass is 16.5. The number of carbonyl (C=O) groups is 2. The predicted octanol–water partition coefficient (Wildman–Crippen LogP) is 0.0833. The Kier molecular flexibility index (Phi) is 6.51. The Bertz CT molecular complexity index is 421. The van der Waals surface area contributed by atoms with Crippen molar-refractivity contribution in [1.29, 1.82) is 0 Å². The zero-order valence-corrected chi connectivity index (χ0v) is 11.6. The normalized spacial score (nSPS) is 11.9. The van der Waals surface area contributed by atoms with Crippen molar-refractivity contribution in [2.24, 2.45) is 0 Å². The Labute approximate surface area is 117 Å². The molecule has 1 aromatic heterocycles. The number of hydrogen-bond acceptors (Lipinski definition) is 4. The maximum absolute atomic E-state index is 11.9. The van der Waals surface area contributed by atoms with Crippen molar-refractivity contribution >= 4 is 12.0 Å². The molecule has 0 saturated carbocycles. The van der Waals surface area contributed by atoms with Gasteiger partial charge in [-0.25, -0.2) is 14.6 Å². The van der Waals surface area contributed by atoms with Crippen LogP contribution in [-0.2, 0) is 16.0 Å². The van der Waals surface area contributed by atoms with Crippen molar-refractivity contribution in [3.8, 4) is 0 Å². The summed E-state index contributed by atoms with van der Waals surface area (Å²) in [6, 6.07) is -1.42. The van der Waals surface area contributed by atoms with E-state index in [4.69, 9.17) is 9.84 Å². The number of aromatic amines is 1. The van der Waals surface area contributed by atoms with E-state index in [-0.39, 0.29) is 6.42 Å². The van der Waals surface area contributed by atoms with Crippen molar-refractivity contribution in [2.45, 2.75) is 18.9 Å². The maximum Gasteiger partial charge on any atom is 0.326 e. The zero-order valence-electron chi connectivity index (χ0n) is 11.6. The molecular formula is C12H20N4O4. The molecule has 1 atom stereocenters. The monoisotopic (exact) mass is 284 g/mol. The van der Waals surface area contributed by atoms with Crippen LogP contribution < -0.4 is 5.32 Å². The molecule has 2 amide bonds. The number of H-pyrrole nitrogens is 1. The summed E-state index contributed by atoms with van der Waals surface area (Å²) < 4.78 is 4.90. The van der Waals surface area contributed by atoms with Crippen LogP contribution in [0.1, 0.15) is 12.1 Å². The minimum atomic E-state index is -1.08. The number of ether oxygens (including phenoxy) is 1. The molecule has 8 heteroatoms. The van der Waals surface area contributed by atoms with Gasteiger partial charge in [0.15, 0.2) is 0 Å². The van der Waals surface area contributed by atoms with Crippen LogP contribution in [0.15, 0.2) is 12.5 Å². The average molecular weight is 284 g/mol. The highest BCUT2D eigenvalue weighted by Gasteiger charge is 2.22. The van der Waals surface area contributed by atoms with E-state index < -0.39 is 18.0 Å². The first-order valence-corrected chi connectivity index (χ1v) is 6.25. The average Bonchev–Trinajstić information content (AvgIpc) is 2.90. The lowest BCUT2D eigenvalue weighted by Crippen LogP contribution is -2.48. The molecule has 1 rings (SSSR count). The molecule has 112 valence electrons. The van der Waals surface area contributed by atoms with E-state index in [1.165, 1.54) is 17.4 Å². The second-order valence-electron chi connectivity index (χ2n) is 4.39. The number of amides is 2. The molecule has 8 nitrogen and oxygen atoms in total. The predicted molar refractivity (Wildman–Crippen MR) is 71.4 cm³/mol. The Morgan fingerprint density at radius 3 is 2.90 bits per heavy atom. The van der Waals surface area contributed by atoms with Crippen LogP contribution in [0.3, 0.4) is 0 Å². The summed E-state index contributed by atoms with van der Waals surface area (Å²) in [6.07, 6.45) is 3.85. The van der Waals surface area contributed by atoms with Gasteiger partial charge in [-0.3, -0.25) is 0 Å². The summed E-state index contributed by atoms with van der Waals surface area (Å²) in [5.41, 5.74) is 0.653. The Morgan fingerprint density at radius 2 is 2.35 bits per heavy atom. The number of urea groups is 1. The van der Waals surface area contributed by atoms with E-state index >= 15 is 0 Å². The SMILES string of the molecule is COCCCN(C)C(=O)N[C@H](Cc1cnc[nH]1)C(=O)O. The number of imidazole rings is 1. The Balaban J connectivity index is 2.48. The molecule has 0 aliphatic rings. The number of carboxylic acid groups (broad SMARTS) is 1. The summed E-state index contributed by atoms with van der Waals surface area (Å²) in [5.74, 6) is -1.08. The molecule has 0 saturated heterocycles. The fourth-order valence-electron chi connectivity index (χ4n) is 1.62. The molecule has 1 aromatic rings. The van der Waals surface area contributed by atoms with Gasteiger partial charge in [-0.2, -0.15) is 0 Å². The zero-order chi connectivity index (χ0) is 15.0. The van der Waals surface area contributed by atoms with Gasteiger partial charge in [-0.1, -0.05) is 0 Å². The number of methoxy groups -OCH3 is 1. The fraction of sp³-hybridized carbons (Fsp3) is 0.583. The third-order valence-electron chi connectivity index (χ3n) is 2.76. The number of rotatable bonds is 8. The van der Waals surface area contributed by atoms with Gasteiger partial charge in [-0.15, -0.1) is 0 Å². The van der Waals surface area contributed by atoms with E-state index in [1.807, 2.05) is 0 Å². The van der Waals surface area contributed by atoms with Crippen molar-refractivity contribution in [2.75, 3.05) is 27.3 Å². The first kappa shape index (κ1) is 16.0. The van der Waals surface area contributed by atoms with E-state index in [0.717, 1.165) is 0 Å². The third kappa shape index (κ3) is 5.27. The standard InChI is InChI=1S/C12H20N4O4/c1-16(4-3-5-20-2)12(19)15-10(11(17)18)6-9-7-13-8-14-9/h7-8,10H,3-6H2,1-2H3,(H,13,14)(H,15,19)(H,17,18)/t10-/m1/s1. The van der Waals surface area contributed by atoms with Crippen molar-refractivity contribution < 1.29 is 19.4 Å². The summed E-state index contributed by atoms with van der Waals surface area (Å²) in [7, 11) is 3.20. The number of carboxylic acids is 1. The summed E-state index contributed by atoms with van der Waals surface area (Å²) >= 11 is 0. The van der Waals surface area contributed by atoms with Crippen LogP contribution in [0.4, 0.5) is 4.79 Å². The number of nitrogens with one attached hydrogen (secondary N) is 2. The van der Waals surface area contributed by atoms with Crippen molar-refractivity contribution in [3.05, 3.63) is 18.2 Å². The molecule has 0 aliphatic heterocycles. The van der Waals surface area contributed by atoms with Gasteiger partial charge in [0.05, 0.1) is 6.33 Å². The molecule has 0 aromatic carbocycles. The summed E-state index contributed by atoms with van der Waals surface area (Å²) in [5, 5.41) is 11.6.